The lowest BCUT2D eigenvalue weighted by molar-refractivity contribution is -0.117. The molecule has 1 N–H and O–H groups in total. The second-order valence-electron chi connectivity index (χ2n) is 8.77. The minimum absolute atomic E-state index is 0.102. The number of aryl methyl sites for hydroxylation is 1. The third-order valence-corrected chi connectivity index (χ3v) is 7.64. The molecule has 1 aromatic heterocycles. The van der Waals surface area contributed by atoms with Crippen molar-refractivity contribution in [3.63, 3.8) is 0 Å². The number of nitrogens with one attached hydrogen (secondary N) is 1. The van der Waals surface area contributed by atoms with Gasteiger partial charge in [-0.15, -0.1) is 11.3 Å². The van der Waals surface area contributed by atoms with Gasteiger partial charge in [0.25, 0.3) is 0 Å². The molecule has 1 amide bonds. The summed E-state index contributed by atoms with van der Waals surface area (Å²) in [6.07, 6.45) is 0.717. The summed E-state index contributed by atoms with van der Waals surface area (Å²) in [5.74, 6) is -0.502. The number of thiophene rings is 1. The number of esters is 1. The summed E-state index contributed by atoms with van der Waals surface area (Å²) in [6, 6.07) is 21.4. The van der Waals surface area contributed by atoms with Crippen LogP contribution in [0.4, 0.5) is 5.00 Å². The van der Waals surface area contributed by atoms with Crippen LogP contribution < -0.4 is 5.32 Å². The molecular weight excluding hydrogens is 458 g/mol. The lowest BCUT2D eigenvalue weighted by Gasteiger charge is -2.39. The topological polar surface area (TPSA) is 61.9 Å². The Morgan fingerprint density at radius 1 is 0.971 bits per heavy atom. The Morgan fingerprint density at radius 2 is 1.54 bits per heavy atom. The monoisotopic (exact) mass is 491 g/mol. The lowest BCUT2D eigenvalue weighted by atomic mass is 9.96. The van der Waals surface area contributed by atoms with Crippen LogP contribution >= 0.6 is 11.3 Å². The third kappa shape index (κ3) is 5.81. The Bertz CT molecular complexity index is 1100. The Kier molecular flexibility index (Phi) is 8.33. The summed E-state index contributed by atoms with van der Waals surface area (Å²) in [4.78, 5) is 31.0. The molecule has 3 aromatic rings. The molecule has 35 heavy (non-hydrogen) atoms. The van der Waals surface area contributed by atoms with Gasteiger partial charge in [-0.3, -0.25) is 14.6 Å². The van der Waals surface area contributed by atoms with Gasteiger partial charge in [0.15, 0.2) is 0 Å². The molecule has 1 aliphatic rings. The minimum atomic E-state index is -0.400. The van der Waals surface area contributed by atoms with Gasteiger partial charge in [-0.25, -0.2) is 4.79 Å². The summed E-state index contributed by atoms with van der Waals surface area (Å²) >= 11 is 1.44. The normalized spacial score (nSPS) is 14.7. The summed E-state index contributed by atoms with van der Waals surface area (Å²) in [5.41, 5.74) is 3.99. The molecule has 6 nitrogen and oxygen atoms in total. The second-order valence-corrected chi connectivity index (χ2v) is 10.00. The van der Waals surface area contributed by atoms with Crippen molar-refractivity contribution in [3.8, 4) is 0 Å². The molecular formula is C28H33N3O3S. The van der Waals surface area contributed by atoms with E-state index in [1.54, 1.807) is 0 Å². The van der Waals surface area contributed by atoms with Crippen molar-refractivity contribution in [2.24, 2.45) is 0 Å². The van der Waals surface area contributed by atoms with Gasteiger partial charge < -0.3 is 10.1 Å². The molecule has 1 aliphatic heterocycles. The fourth-order valence-corrected chi connectivity index (χ4v) is 5.99. The first-order valence-corrected chi connectivity index (χ1v) is 12.9. The highest BCUT2D eigenvalue weighted by Crippen LogP contribution is 2.34. The molecule has 0 saturated carbocycles. The number of benzene rings is 2. The van der Waals surface area contributed by atoms with Gasteiger partial charge in [-0.1, -0.05) is 67.6 Å². The predicted molar refractivity (Wildman–Crippen MR) is 141 cm³/mol. The van der Waals surface area contributed by atoms with Gasteiger partial charge in [0.05, 0.1) is 25.3 Å². The maximum Gasteiger partial charge on any atom is 0.341 e. The molecule has 0 bridgehead atoms. The van der Waals surface area contributed by atoms with Crippen molar-refractivity contribution in [2.45, 2.75) is 26.3 Å². The fourth-order valence-electron chi connectivity index (χ4n) is 4.84. The number of carbonyl (C=O) groups is 2. The maximum absolute atomic E-state index is 12.9. The molecule has 0 spiro atoms. The number of methoxy groups -OCH3 is 1. The highest BCUT2D eigenvalue weighted by Gasteiger charge is 2.28. The summed E-state index contributed by atoms with van der Waals surface area (Å²) in [5, 5.41) is 3.56. The standard InChI is InChI=1S/C28H33N3O3S/c1-4-23-20(2)35-27(25(23)28(33)34-3)29-24(32)19-30-15-17-31(18-16-30)26(21-11-7-5-8-12-21)22-13-9-6-10-14-22/h5-14,26H,4,15-19H2,1-3H3,(H,29,32). The SMILES string of the molecule is CCc1c(C)sc(NC(=O)CN2CCN(C(c3ccccc3)c3ccccc3)CC2)c1C(=O)OC. The molecule has 7 heteroatoms. The summed E-state index contributed by atoms with van der Waals surface area (Å²) < 4.78 is 4.97. The number of carbonyl (C=O) groups excluding carboxylic acids is 2. The van der Waals surface area contributed by atoms with Gasteiger partial charge in [0.1, 0.15) is 5.00 Å². The zero-order valence-electron chi connectivity index (χ0n) is 20.6. The molecule has 2 aromatic carbocycles. The van der Waals surface area contributed by atoms with Crippen LogP contribution in [0.1, 0.15) is 44.9 Å². The average molecular weight is 492 g/mol. The quantitative estimate of drug-likeness (QED) is 0.461. The zero-order chi connectivity index (χ0) is 24.8. The lowest BCUT2D eigenvalue weighted by Crippen LogP contribution is -2.49. The number of amides is 1. The highest BCUT2D eigenvalue weighted by molar-refractivity contribution is 7.16. The predicted octanol–water partition coefficient (Wildman–Crippen LogP) is 4.75. The molecule has 2 heterocycles. The van der Waals surface area contributed by atoms with Crippen LogP contribution in [-0.4, -0.2) is 61.5 Å². The van der Waals surface area contributed by atoms with Crippen LogP contribution in [0, 0.1) is 6.92 Å². The smallest absolute Gasteiger partial charge is 0.341 e. The number of piperazine rings is 1. The summed E-state index contributed by atoms with van der Waals surface area (Å²) in [6.45, 7) is 7.62. The number of hydrogen-bond donors (Lipinski definition) is 1. The number of ether oxygens (including phenoxy) is 1. The van der Waals surface area contributed by atoms with Gasteiger partial charge in [-0.2, -0.15) is 0 Å². The molecule has 0 aliphatic carbocycles. The van der Waals surface area contributed by atoms with E-state index in [-0.39, 0.29) is 11.9 Å². The molecule has 184 valence electrons. The number of rotatable bonds is 8. The largest absolute Gasteiger partial charge is 0.465 e. The molecule has 1 fully saturated rings. The van der Waals surface area contributed by atoms with E-state index < -0.39 is 5.97 Å². The molecule has 1 saturated heterocycles. The van der Waals surface area contributed by atoms with E-state index in [0.717, 1.165) is 36.6 Å². The number of nitrogens with zero attached hydrogens (tertiary/aromatic N) is 2. The molecule has 0 atom stereocenters. The van der Waals surface area contributed by atoms with Gasteiger partial charge in [0.2, 0.25) is 5.91 Å². The van der Waals surface area contributed by atoms with Crippen molar-refractivity contribution in [3.05, 3.63) is 87.8 Å². The van der Waals surface area contributed by atoms with Crippen LogP contribution in [0.2, 0.25) is 0 Å². The van der Waals surface area contributed by atoms with E-state index >= 15 is 0 Å². The number of anilines is 1. The molecule has 0 radical (unpaired) electrons. The van der Waals surface area contributed by atoms with E-state index in [1.165, 1.54) is 29.6 Å². The van der Waals surface area contributed by atoms with E-state index in [1.807, 2.05) is 26.0 Å². The first-order chi connectivity index (χ1) is 17.0. The highest BCUT2D eigenvalue weighted by atomic mass is 32.1. The Morgan fingerprint density at radius 3 is 2.06 bits per heavy atom. The maximum atomic E-state index is 12.9. The van der Waals surface area contributed by atoms with Crippen molar-refractivity contribution in [1.82, 2.24) is 9.80 Å². The van der Waals surface area contributed by atoms with Crippen LogP contribution in [-0.2, 0) is 16.0 Å². The van der Waals surface area contributed by atoms with E-state index in [0.29, 0.717) is 23.5 Å². The van der Waals surface area contributed by atoms with Crippen molar-refractivity contribution >= 4 is 28.2 Å². The van der Waals surface area contributed by atoms with Crippen LogP contribution in [0.15, 0.2) is 60.7 Å². The molecule has 4 rings (SSSR count). The molecule has 0 unspecified atom stereocenters. The Hall–Kier alpha value is -3.00. The Balaban J connectivity index is 1.40. The fraction of sp³-hybridized carbons (Fsp3) is 0.357. The third-order valence-electron chi connectivity index (χ3n) is 6.57. The summed E-state index contributed by atoms with van der Waals surface area (Å²) in [7, 11) is 1.37. The second kappa shape index (κ2) is 11.6. The van der Waals surface area contributed by atoms with E-state index in [9.17, 15) is 9.59 Å². The minimum Gasteiger partial charge on any atom is -0.465 e. The van der Waals surface area contributed by atoms with Crippen molar-refractivity contribution in [1.29, 1.82) is 0 Å². The van der Waals surface area contributed by atoms with Gasteiger partial charge in [0, 0.05) is 31.1 Å². The van der Waals surface area contributed by atoms with Crippen LogP contribution in [0.3, 0.4) is 0 Å². The average Bonchev–Trinajstić information content (AvgIpc) is 3.20. The van der Waals surface area contributed by atoms with Crippen molar-refractivity contribution in [2.75, 3.05) is 45.2 Å². The Labute approximate surface area is 211 Å². The van der Waals surface area contributed by atoms with E-state index in [2.05, 4.69) is 63.6 Å². The number of hydrogen-bond acceptors (Lipinski definition) is 6. The van der Waals surface area contributed by atoms with Gasteiger partial charge in [-0.05, 0) is 30.0 Å². The van der Waals surface area contributed by atoms with Gasteiger partial charge >= 0.3 is 5.97 Å². The first-order valence-electron chi connectivity index (χ1n) is 12.1. The van der Waals surface area contributed by atoms with E-state index in [4.69, 9.17) is 4.74 Å². The van der Waals surface area contributed by atoms with Crippen LogP contribution in [0.5, 0.6) is 0 Å². The van der Waals surface area contributed by atoms with Crippen LogP contribution in [0.25, 0.3) is 0 Å². The first kappa shape index (κ1) is 25.1. The van der Waals surface area contributed by atoms with Crippen molar-refractivity contribution < 1.29 is 14.3 Å². The zero-order valence-corrected chi connectivity index (χ0v) is 21.4.